The van der Waals surface area contributed by atoms with E-state index < -0.39 is 9.84 Å². The molecule has 3 heterocycles. The maximum atomic E-state index is 13.2. The number of rotatable bonds is 7. The van der Waals surface area contributed by atoms with Gasteiger partial charge in [0, 0.05) is 43.6 Å². The van der Waals surface area contributed by atoms with Crippen molar-refractivity contribution >= 4 is 33.5 Å². The average Bonchev–Trinajstić information content (AvgIpc) is 3.03. The molecule has 10 heteroatoms. The highest BCUT2D eigenvalue weighted by molar-refractivity contribution is 7.98. The predicted octanol–water partition coefficient (Wildman–Crippen LogP) is 0.958. The lowest BCUT2D eigenvalue weighted by Crippen LogP contribution is -2.55. The molecule has 1 aromatic heterocycles. The second-order valence-electron chi connectivity index (χ2n) is 7.87. The summed E-state index contributed by atoms with van der Waals surface area (Å²) in [6.07, 6.45) is 3.44. The minimum Gasteiger partial charge on any atom is -0.342 e. The number of anilines is 1. The van der Waals surface area contributed by atoms with Crippen molar-refractivity contribution in [1.82, 2.24) is 19.8 Å². The van der Waals surface area contributed by atoms with Crippen molar-refractivity contribution in [1.29, 1.82) is 0 Å². The van der Waals surface area contributed by atoms with Crippen molar-refractivity contribution in [3.8, 4) is 0 Å². The summed E-state index contributed by atoms with van der Waals surface area (Å²) >= 11 is 1.71. The van der Waals surface area contributed by atoms with Gasteiger partial charge in [0.2, 0.25) is 11.9 Å². The molecule has 2 atom stereocenters. The fourth-order valence-corrected chi connectivity index (χ4v) is 6.26. The first kappa shape index (κ1) is 22.3. The van der Waals surface area contributed by atoms with Crippen LogP contribution in [0.3, 0.4) is 0 Å². The van der Waals surface area contributed by atoms with Gasteiger partial charge in [-0.15, -0.1) is 0 Å². The molecule has 2 saturated heterocycles. The molecule has 8 nitrogen and oxygen atoms in total. The molecule has 0 unspecified atom stereocenters. The molecule has 1 aromatic rings. The number of nitrogens with zero attached hydrogens (tertiary/aromatic N) is 4. The van der Waals surface area contributed by atoms with Gasteiger partial charge in [-0.05, 0) is 44.8 Å². The number of hydrogen-bond donors (Lipinski definition) is 1. The third kappa shape index (κ3) is 6.05. The molecule has 0 radical (unpaired) electrons. The van der Waals surface area contributed by atoms with Gasteiger partial charge in [-0.25, -0.2) is 18.4 Å². The summed E-state index contributed by atoms with van der Waals surface area (Å²) in [4.78, 5) is 26.2. The van der Waals surface area contributed by atoms with E-state index >= 15 is 0 Å². The molecule has 2 fully saturated rings. The second-order valence-corrected chi connectivity index (χ2v) is 11.1. The normalized spacial score (nSPS) is 23.1. The van der Waals surface area contributed by atoms with E-state index in [1.807, 2.05) is 31.1 Å². The standard InChI is InChI=1S/C19H31N5O3S2/c1-14-12-15(2)21-19(20-14)22-17(4-10-28-3)18(25)24-8-6-23(7-9-24)16-5-11-29(26,27)13-16/h12,16-17H,4-11,13H2,1-3H3,(H,20,21,22)/t16-,17-/m0/s1. The van der Waals surface area contributed by atoms with E-state index in [0.29, 0.717) is 31.9 Å². The Morgan fingerprint density at radius 1 is 1.24 bits per heavy atom. The lowest BCUT2D eigenvalue weighted by Gasteiger charge is -2.39. The molecule has 1 amide bonds. The number of amides is 1. The van der Waals surface area contributed by atoms with Crippen molar-refractivity contribution in [2.75, 3.05) is 55.0 Å². The molecular formula is C19H31N5O3S2. The molecule has 1 N–H and O–H groups in total. The van der Waals surface area contributed by atoms with E-state index in [0.717, 1.165) is 30.2 Å². The van der Waals surface area contributed by atoms with Crippen molar-refractivity contribution in [2.45, 2.75) is 38.8 Å². The highest BCUT2D eigenvalue weighted by atomic mass is 32.2. The number of aryl methyl sites for hydroxylation is 2. The van der Waals surface area contributed by atoms with Gasteiger partial charge in [-0.2, -0.15) is 11.8 Å². The first-order valence-electron chi connectivity index (χ1n) is 10.1. The summed E-state index contributed by atoms with van der Waals surface area (Å²) in [5.74, 6) is 1.97. The monoisotopic (exact) mass is 441 g/mol. The van der Waals surface area contributed by atoms with Gasteiger partial charge in [0.05, 0.1) is 11.5 Å². The average molecular weight is 442 g/mol. The largest absolute Gasteiger partial charge is 0.342 e. The van der Waals surface area contributed by atoms with Crippen LogP contribution in [0, 0.1) is 13.8 Å². The van der Waals surface area contributed by atoms with Crippen molar-refractivity contribution in [2.24, 2.45) is 0 Å². The molecule has 162 valence electrons. The van der Waals surface area contributed by atoms with Crippen LogP contribution < -0.4 is 5.32 Å². The molecule has 0 bridgehead atoms. The van der Waals surface area contributed by atoms with Crippen molar-refractivity contribution in [3.05, 3.63) is 17.5 Å². The van der Waals surface area contributed by atoms with E-state index in [-0.39, 0.29) is 29.5 Å². The fraction of sp³-hybridized carbons (Fsp3) is 0.737. The fourth-order valence-electron chi connectivity index (χ4n) is 4.03. The van der Waals surface area contributed by atoms with Gasteiger partial charge in [0.15, 0.2) is 9.84 Å². The van der Waals surface area contributed by atoms with Crippen LogP contribution in [0.1, 0.15) is 24.2 Å². The number of nitrogens with one attached hydrogen (secondary N) is 1. The summed E-state index contributed by atoms with van der Waals surface area (Å²) in [5.41, 5.74) is 1.74. The van der Waals surface area contributed by atoms with E-state index in [1.165, 1.54) is 0 Å². The number of sulfone groups is 1. The molecule has 0 aliphatic carbocycles. The molecule has 0 spiro atoms. The highest BCUT2D eigenvalue weighted by Gasteiger charge is 2.35. The Bertz CT molecular complexity index is 805. The summed E-state index contributed by atoms with van der Waals surface area (Å²) in [5, 5.41) is 3.25. The van der Waals surface area contributed by atoms with Crippen LogP contribution in [-0.4, -0.2) is 95.9 Å². The van der Waals surface area contributed by atoms with Crippen molar-refractivity contribution in [3.63, 3.8) is 0 Å². The van der Waals surface area contributed by atoms with E-state index in [2.05, 4.69) is 20.2 Å². The predicted molar refractivity (Wildman–Crippen MR) is 117 cm³/mol. The first-order chi connectivity index (χ1) is 13.8. The lowest BCUT2D eigenvalue weighted by atomic mass is 10.1. The van der Waals surface area contributed by atoms with Crippen LogP contribution in [-0.2, 0) is 14.6 Å². The van der Waals surface area contributed by atoms with Crippen LogP contribution >= 0.6 is 11.8 Å². The van der Waals surface area contributed by atoms with Crippen LogP contribution in [0.5, 0.6) is 0 Å². The van der Waals surface area contributed by atoms with Gasteiger partial charge in [0.1, 0.15) is 6.04 Å². The number of hydrogen-bond acceptors (Lipinski definition) is 8. The number of carbonyl (C=O) groups is 1. The molecule has 0 saturated carbocycles. The highest BCUT2D eigenvalue weighted by Crippen LogP contribution is 2.20. The summed E-state index contributed by atoms with van der Waals surface area (Å²) in [7, 11) is -2.89. The van der Waals surface area contributed by atoms with Crippen LogP contribution in [0.15, 0.2) is 6.07 Å². The Kier molecular flexibility index (Phi) is 7.39. The smallest absolute Gasteiger partial charge is 0.245 e. The molecule has 29 heavy (non-hydrogen) atoms. The van der Waals surface area contributed by atoms with Gasteiger partial charge in [-0.1, -0.05) is 0 Å². The maximum Gasteiger partial charge on any atom is 0.245 e. The zero-order chi connectivity index (χ0) is 21.0. The number of piperazine rings is 1. The van der Waals surface area contributed by atoms with Crippen LogP contribution in [0.25, 0.3) is 0 Å². The van der Waals surface area contributed by atoms with E-state index in [9.17, 15) is 13.2 Å². The first-order valence-corrected chi connectivity index (χ1v) is 13.3. The summed E-state index contributed by atoms with van der Waals surface area (Å²) < 4.78 is 23.5. The lowest BCUT2D eigenvalue weighted by molar-refractivity contribution is -0.134. The number of aromatic nitrogens is 2. The molecule has 0 aromatic carbocycles. The third-order valence-corrected chi connectivity index (χ3v) is 7.94. The molecular weight excluding hydrogens is 410 g/mol. The van der Waals surface area contributed by atoms with Crippen molar-refractivity contribution < 1.29 is 13.2 Å². The molecule has 3 rings (SSSR count). The van der Waals surface area contributed by atoms with E-state index in [1.54, 1.807) is 11.8 Å². The van der Waals surface area contributed by atoms with E-state index in [4.69, 9.17) is 0 Å². The minimum absolute atomic E-state index is 0.0699. The zero-order valence-electron chi connectivity index (χ0n) is 17.4. The van der Waals surface area contributed by atoms with Gasteiger partial charge in [-0.3, -0.25) is 9.69 Å². The van der Waals surface area contributed by atoms with Crippen LogP contribution in [0.2, 0.25) is 0 Å². The third-order valence-electron chi connectivity index (χ3n) is 5.55. The summed E-state index contributed by atoms with van der Waals surface area (Å²) in [6, 6.07) is 1.65. The quantitative estimate of drug-likeness (QED) is 0.668. The Hall–Kier alpha value is -1.39. The van der Waals surface area contributed by atoms with Gasteiger partial charge < -0.3 is 10.2 Å². The Morgan fingerprint density at radius 2 is 1.90 bits per heavy atom. The number of thioether (sulfide) groups is 1. The second kappa shape index (κ2) is 9.61. The number of carbonyl (C=O) groups excluding carboxylic acids is 1. The molecule has 2 aliphatic rings. The Morgan fingerprint density at radius 3 is 2.45 bits per heavy atom. The SMILES string of the molecule is CSCC[C@H](Nc1nc(C)cc(C)n1)C(=O)N1CCN([C@H]2CCS(=O)(=O)C2)CC1. The van der Waals surface area contributed by atoms with Crippen LogP contribution in [0.4, 0.5) is 5.95 Å². The maximum absolute atomic E-state index is 13.2. The Labute approximate surface area is 177 Å². The minimum atomic E-state index is -2.89. The topological polar surface area (TPSA) is 95.5 Å². The Balaban J connectivity index is 1.61. The zero-order valence-corrected chi connectivity index (χ0v) is 19.1. The van der Waals surface area contributed by atoms with Gasteiger partial charge in [0.25, 0.3) is 0 Å². The summed E-state index contributed by atoms with van der Waals surface area (Å²) in [6.45, 7) is 6.53. The van der Waals surface area contributed by atoms with Gasteiger partial charge >= 0.3 is 0 Å². The molecule has 2 aliphatic heterocycles.